The molecule has 1 nitrogen and oxygen atoms in total. The smallest absolute Gasteiger partial charge is 0.130 e. The standard InChI is InChI=1S/C14H10F2O/c15-11-3-1-9(2-4-11)13-8-12(16)7-10-5-6-17-14(10)13/h1-4,7-8H,5-6H2. The van der Waals surface area contributed by atoms with Gasteiger partial charge in [-0.25, -0.2) is 8.78 Å². The van der Waals surface area contributed by atoms with Gasteiger partial charge in [-0.1, -0.05) is 12.1 Å². The fraction of sp³-hybridized carbons (Fsp3) is 0.143. The third-order valence-electron chi connectivity index (χ3n) is 2.90. The van der Waals surface area contributed by atoms with Crippen molar-refractivity contribution in [3.63, 3.8) is 0 Å². The van der Waals surface area contributed by atoms with Gasteiger partial charge < -0.3 is 4.74 Å². The van der Waals surface area contributed by atoms with E-state index in [2.05, 4.69) is 0 Å². The number of hydrogen-bond donors (Lipinski definition) is 0. The Kier molecular flexibility index (Phi) is 2.32. The lowest BCUT2D eigenvalue weighted by atomic mass is 10.0. The Balaban J connectivity index is 2.17. The average Bonchev–Trinajstić information content (AvgIpc) is 2.77. The van der Waals surface area contributed by atoms with Gasteiger partial charge in [0.05, 0.1) is 6.61 Å². The van der Waals surface area contributed by atoms with Gasteiger partial charge in [0.1, 0.15) is 17.4 Å². The van der Waals surface area contributed by atoms with Crippen LogP contribution in [0.2, 0.25) is 0 Å². The first-order valence-electron chi connectivity index (χ1n) is 5.45. The fourth-order valence-electron chi connectivity index (χ4n) is 2.11. The Hall–Kier alpha value is -1.90. The van der Waals surface area contributed by atoms with Crippen LogP contribution in [0.5, 0.6) is 5.75 Å². The summed E-state index contributed by atoms with van der Waals surface area (Å²) in [6, 6.07) is 8.91. The molecule has 2 aromatic rings. The lowest BCUT2D eigenvalue weighted by Crippen LogP contribution is -1.89. The number of ether oxygens (including phenoxy) is 1. The molecule has 0 aliphatic carbocycles. The normalized spacial score (nSPS) is 13.3. The Morgan fingerprint density at radius 2 is 1.71 bits per heavy atom. The fourth-order valence-corrected chi connectivity index (χ4v) is 2.11. The van der Waals surface area contributed by atoms with E-state index >= 15 is 0 Å². The molecule has 1 heterocycles. The van der Waals surface area contributed by atoms with Crippen LogP contribution in [0.25, 0.3) is 11.1 Å². The van der Waals surface area contributed by atoms with E-state index in [1.165, 1.54) is 24.3 Å². The highest BCUT2D eigenvalue weighted by Gasteiger charge is 2.18. The minimum atomic E-state index is -0.303. The van der Waals surface area contributed by atoms with Crippen LogP contribution in [0.3, 0.4) is 0 Å². The highest BCUT2D eigenvalue weighted by molar-refractivity contribution is 5.73. The maximum Gasteiger partial charge on any atom is 0.130 e. The van der Waals surface area contributed by atoms with Gasteiger partial charge in [0.15, 0.2) is 0 Å². The first-order chi connectivity index (χ1) is 8.24. The van der Waals surface area contributed by atoms with Crippen molar-refractivity contribution in [2.75, 3.05) is 6.61 Å². The molecule has 0 atom stereocenters. The number of halogens is 2. The van der Waals surface area contributed by atoms with Crippen LogP contribution < -0.4 is 4.74 Å². The molecule has 1 aliphatic heterocycles. The third-order valence-corrected chi connectivity index (χ3v) is 2.90. The van der Waals surface area contributed by atoms with E-state index in [9.17, 15) is 8.78 Å². The molecule has 0 bridgehead atoms. The monoisotopic (exact) mass is 232 g/mol. The summed E-state index contributed by atoms with van der Waals surface area (Å²) in [5.41, 5.74) is 2.34. The van der Waals surface area contributed by atoms with Gasteiger partial charge in [0.2, 0.25) is 0 Å². The van der Waals surface area contributed by atoms with Crippen LogP contribution in [-0.4, -0.2) is 6.61 Å². The van der Waals surface area contributed by atoms with Crippen molar-refractivity contribution in [2.45, 2.75) is 6.42 Å². The highest BCUT2D eigenvalue weighted by atomic mass is 19.1. The SMILES string of the molecule is Fc1ccc(-c2cc(F)cc3c2OCC3)cc1. The molecule has 0 unspecified atom stereocenters. The summed E-state index contributed by atoms with van der Waals surface area (Å²) in [6.07, 6.45) is 0.724. The van der Waals surface area contributed by atoms with Crippen LogP contribution in [0.4, 0.5) is 8.78 Å². The zero-order valence-corrected chi connectivity index (χ0v) is 9.04. The molecular weight excluding hydrogens is 222 g/mol. The Morgan fingerprint density at radius 1 is 0.941 bits per heavy atom. The number of fused-ring (bicyclic) bond motifs is 1. The summed E-state index contributed by atoms with van der Waals surface area (Å²) in [4.78, 5) is 0. The van der Waals surface area contributed by atoms with Crippen LogP contribution in [0.15, 0.2) is 36.4 Å². The molecule has 0 radical (unpaired) electrons. The minimum absolute atomic E-state index is 0.284. The van der Waals surface area contributed by atoms with Crippen LogP contribution >= 0.6 is 0 Å². The van der Waals surface area contributed by atoms with Gasteiger partial charge in [-0.05, 0) is 29.8 Å². The first-order valence-corrected chi connectivity index (χ1v) is 5.45. The average molecular weight is 232 g/mol. The topological polar surface area (TPSA) is 9.23 Å². The third kappa shape index (κ3) is 1.78. The predicted molar refractivity (Wildman–Crippen MR) is 61.0 cm³/mol. The van der Waals surface area contributed by atoms with Crippen molar-refractivity contribution in [1.82, 2.24) is 0 Å². The summed E-state index contributed by atoms with van der Waals surface area (Å²) in [6.45, 7) is 0.576. The van der Waals surface area contributed by atoms with E-state index in [1.807, 2.05) is 0 Å². The second kappa shape index (κ2) is 3.84. The van der Waals surface area contributed by atoms with Crippen LogP contribution in [-0.2, 0) is 6.42 Å². The van der Waals surface area contributed by atoms with E-state index in [4.69, 9.17) is 4.74 Å². The van der Waals surface area contributed by atoms with Crippen molar-refractivity contribution in [1.29, 1.82) is 0 Å². The molecule has 0 amide bonds. The molecule has 0 spiro atoms. The second-order valence-corrected chi connectivity index (χ2v) is 4.05. The van der Waals surface area contributed by atoms with Crippen molar-refractivity contribution < 1.29 is 13.5 Å². The van der Waals surface area contributed by atoms with Gasteiger partial charge in [-0.15, -0.1) is 0 Å². The van der Waals surface area contributed by atoms with E-state index in [1.54, 1.807) is 12.1 Å². The number of hydrogen-bond acceptors (Lipinski definition) is 1. The van der Waals surface area contributed by atoms with Gasteiger partial charge in [-0.3, -0.25) is 0 Å². The predicted octanol–water partition coefficient (Wildman–Crippen LogP) is 3.57. The lowest BCUT2D eigenvalue weighted by molar-refractivity contribution is 0.358. The molecule has 86 valence electrons. The van der Waals surface area contributed by atoms with Crippen molar-refractivity contribution in [2.24, 2.45) is 0 Å². The van der Waals surface area contributed by atoms with E-state index in [0.717, 1.165) is 23.3 Å². The Labute approximate surface area is 97.7 Å². The van der Waals surface area contributed by atoms with Gasteiger partial charge in [0, 0.05) is 17.5 Å². The van der Waals surface area contributed by atoms with Gasteiger partial charge in [0.25, 0.3) is 0 Å². The summed E-state index contributed by atoms with van der Waals surface area (Å²) in [5.74, 6) is 0.134. The molecule has 2 aromatic carbocycles. The molecule has 0 aromatic heterocycles. The van der Waals surface area contributed by atoms with E-state index < -0.39 is 0 Å². The van der Waals surface area contributed by atoms with E-state index in [0.29, 0.717) is 12.2 Å². The Morgan fingerprint density at radius 3 is 2.47 bits per heavy atom. The summed E-state index contributed by atoms with van der Waals surface area (Å²) in [5, 5.41) is 0. The van der Waals surface area contributed by atoms with E-state index in [-0.39, 0.29) is 11.6 Å². The zero-order valence-electron chi connectivity index (χ0n) is 9.04. The molecule has 0 N–H and O–H groups in total. The van der Waals surface area contributed by atoms with Crippen LogP contribution in [0, 0.1) is 11.6 Å². The molecule has 0 saturated heterocycles. The molecule has 0 saturated carbocycles. The van der Waals surface area contributed by atoms with Crippen LogP contribution in [0.1, 0.15) is 5.56 Å². The Bertz CT molecular complexity index is 561. The van der Waals surface area contributed by atoms with Crippen molar-refractivity contribution in [3.8, 4) is 16.9 Å². The molecule has 0 fully saturated rings. The second-order valence-electron chi connectivity index (χ2n) is 4.05. The molecule has 3 rings (SSSR count). The zero-order chi connectivity index (χ0) is 11.8. The maximum absolute atomic E-state index is 13.5. The van der Waals surface area contributed by atoms with Crippen molar-refractivity contribution in [3.05, 3.63) is 53.6 Å². The van der Waals surface area contributed by atoms with Gasteiger partial charge in [-0.2, -0.15) is 0 Å². The summed E-state index contributed by atoms with van der Waals surface area (Å²) in [7, 11) is 0. The quantitative estimate of drug-likeness (QED) is 0.730. The minimum Gasteiger partial charge on any atom is -0.492 e. The lowest BCUT2D eigenvalue weighted by Gasteiger charge is -2.08. The summed E-state index contributed by atoms with van der Waals surface area (Å²) >= 11 is 0. The largest absolute Gasteiger partial charge is 0.492 e. The molecule has 17 heavy (non-hydrogen) atoms. The first kappa shape index (κ1) is 10.3. The molecule has 3 heteroatoms. The maximum atomic E-state index is 13.5. The number of benzene rings is 2. The number of rotatable bonds is 1. The molecule has 1 aliphatic rings. The van der Waals surface area contributed by atoms with Crippen molar-refractivity contribution >= 4 is 0 Å². The highest BCUT2D eigenvalue weighted by Crippen LogP contribution is 2.37. The summed E-state index contributed by atoms with van der Waals surface area (Å²) < 4.78 is 31.8. The molecular formula is C14H10F2O. The van der Waals surface area contributed by atoms with Gasteiger partial charge >= 0.3 is 0 Å².